The zero-order valence-electron chi connectivity index (χ0n) is 10.8. The highest BCUT2D eigenvalue weighted by Gasteiger charge is 2.15. The molecule has 96 valence electrons. The maximum absolute atomic E-state index is 5.95. The molecular weight excluding hydrogens is 240 g/mol. The molecule has 0 aliphatic rings. The fourth-order valence-electron chi connectivity index (χ4n) is 2.13. The van der Waals surface area contributed by atoms with Crippen LogP contribution in [0.3, 0.4) is 0 Å². The largest absolute Gasteiger partial charge is 0.399 e. The van der Waals surface area contributed by atoms with E-state index in [1.165, 1.54) is 6.33 Å². The molecule has 0 aliphatic carbocycles. The van der Waals surface area contributed by atoms with Crippen molar-refractivity contribution in [3.05, 3.63) is 30.1 Å². The summed E-state index contributed by atoms with van der Waals surface area (Å²) < 4.78 is 1.70. The van der Waals surface area contributed by atoms with Crippen LogP contribution in [0, 0.1) is 6.92 Å². The second-order valence-electron chi connectivity index (χ2n) is 4.50. The van der Waals surface area contributed by atoms with Crippen LogP contribution in [0.5, 0.6) is 0 Å². The number of anilines is 2. The molecule has 0 bridgehead atoms. The van der Waals surface area contributed by atoms with E-state index in [9.17, 15) is 0 Å². The molecule has 0 aliphatic heterocycles. The van der Waals surface area contributed by atoms with Crippen molar-refractivity contribution in [2.75, 3.05) is 11.5 Å². The molecule has 19 heavy (non-hydrogen) atoms. The summed E-state index contributed by atoms with van der Waals surface area (Å²) in [4.78, 5) is 8.25. The molecule has 1 aromatic carbocycles. The molecule has 0 amide bonds. The van der Waals surface area contributed by atoms with Crippen molar-refractivity contribution in [1.29, 1.82) is 0 Å². The number of hydrogen-bond donors (Lipinski definition) is 2. The number of nitrogens with zero attached hydrogens (tertiary/aromatic N) is 4. The molecular formula is C13H14N6. The maximum atomic E-state index is 5.95. The molecule has 2 heterocycles. The van der Waals surface area contributed by atoms with Gasteiger partial charge in [0.1, 0.15) is 17.8 Å². The average molecular weight is 254 g/mol. The Kier molecular flexibility index (Phi) is 2.38. The fraction of sp³-hybridized carbons (Fsp3) is 0.154. The van der Waals surface area contributed by atoms with Gasteiger partial charge >= 0.3 is 0 Å². The number of benzene rings is 1. The number of hydrogen-bond acceptors (Lipinski definition) is 5. The quantitative estimate of drug-likeness (QED) is 0.641. The zero-order valence-corrected chi connectivity index (χ0v) is 10.8. The lowest BCUT2D eigenvalue weighted by Gasteiger charge is -2.03. The van der Waals surface area contributed by atoms with Gasteiger partial charge in [0.25, 0.3) is 0 Å². The normalized spacial score (nSPS) is 11.1. The van der Waals surface area contributed by atoms with Crippen LogP contribution in [-0.4, -0.2) is 19.7 Å². The van der Waals surface area contributed by atoms with Crippen molar-refractivity contribution in [3.63, 3.8) is 0 Å². The van der Waals surface area contributed by atoms with Gasteiger partial charge in [0, 0.05) is 18.3 Å². The van der Waals surface area contributed by atoms with Crippen LogP contribution in [0.1, 0.15) is 5.56 Å². The molecule has 2 aromatic heterocycles. The number of aryl methyl sites for hydroxylation is 2. The van der Waals surface area contributed by atoms with E-state index in [1.54, 1.807) is 4.68 Å². The molecule has 4 N–H and O–H groups in total. The minimum absolute atomic E-state index is 0.433. The molecule has 0 saturated heterocycles. The van der Waals surface area contributed by atoms with E-state index < -0.39 is 0 Å². The van der Waals surface area contributed by atoms with E-state index in [4.69, 9.17) is 11.5 Å². The lowest BCUT2D eigenvalue weighted by atomic mass is 10.1. The Morgan fingerprint density at radius 3 is 2.68 bits per heavy atom. The summed E-state index contributed by atoms with van der Waals surface area (Å²) in [6.45, 7) is 1.96. The first-order valence-electron chi connectivity index (χ1n) is 5.87. The van der Waals surface area contributed by atoms with Gasteiger partial charge in [-0.2, -0.15) is 5.10 Å². The Hall–Kier alpha value is -2.63. The van der Waals surface area contributed by atoms with Crippen LogP contribution in [0.4, 0.5) is 11.5 Å². The van der Waals surface area contributed by atoms with E-state index in [2.05, 4.69) is 15.1 Å². The molecule has 0 fully saturated rings. The van der Waals surface area contributed by atoms with E-state index in [-0.39, 0.29) is 0 Å². The van der Waals surface area contributed by atoms with Gasteiger partial charge < -0.3 is 11.5 Å². The van der Waals surface area contributed by atoms with Gasteiger partial charge in [-0.3, -0.25) is 0 Å². The summed E-state index contributed by atoms with van der Waals surface area (Å²) in [5.41, 5.74) is 16.0. The van der Waals surface area contributed by atoms with E-state index in [1.807, 2.05) is 32.2 Å². The van der Waals surface area contributed by atoms with Gasteiger partial charge in [0.2, 0.25) is 0 Å². The first-order valence-corrected chi connectivity index (χ1v) is 5.87. The molecule has 0 unspecified atom stereocenters. The average Bonchev–Trinajstić information content (AvgIpc) is 2.72. The number of nitrogen functional groups attached to an aromatic ring is 2. The third kappa shape index (κ3) is 1.69. The highest BCUT2D eigenvalue weighted by atomic mass is 15.3. The second kappa shape index (κ2) is 3.94. The number of aromatic nitrogens is 4. The van der Waals surface area contributed by atoms with E-state index in [0.29, 0.717) is 5.82 Å². The Balaban J connectivity index is 2.33. The molecule has 3 rings (SSSR count). The maximum Gasteiger partial charge on any atom is 0.163 e. The smallest absolute Gasteiger partial charge is 0.163 e. The monoisotopic (exact) mass is 254 g/mol. The van der Waals surface area contributed by atoms with Crippen molar-refractivity contribution < 1.29 is 0 Å². The van der Waals surface area contributed by atoms with Crippen LogP contribution in [0.2, 0.25) is 0 Å². The molecule has 3 aromatic rings. The highest BCUT2D eigenvalue weighted by molar-refractivity contribution is 5.98. The van der Waals surface area contributed by atoms with Gasteiger partial charge in [0.05, 0.1) is 5.39 Å². The Morgan fingerprint density at radius 2 is 1.95 bits per heavy atom. The Morgan fingerprint density at radius 1 is 1.16 bits per heavy atom. The number of rotatable bonds is 1. The summed E-state index contributed by atoms with van der Waals surface area (Å²) in [6.07, 6.45) is 1.44. The second-order valence-corrected chi connectivity index (χ2v) is 4.50. The van der Waals surface area contributed by atoms with E-state index >= 15 is 0 Å². The van der Waals surface area contributed by atoms with Gasteiger partial charge in [-0.25, -0.2) is 14.6 Å². The lowest BCUT2D eigenvalue weighted by Crippen LogP contribution is -1.95. The van der Waals surface area contributed by atoms with Crippen molar-refractivity contribution in [2.24, 2.45) is 7.05 Å². The zero-order chi connectivity index (χ0) is 13.6. The Labute approximate surface area is 110 Å². The predicted octanol–water partition coefficient (Wildman–Crippen LogP) is 1.50. The molecule has 0 atom stereocenters. The molecule has 6 heteroatoms. The number of fused-ring (bicyclic) bond motifs is 1. The summed E-state index contributed by atoms with van der Waals surface area (Å²) in [5.74, 6) is 0.433. The highest BCUT2D eigenvalue weighted by Crippen LogP contribution is 2.30. The van der Waals surface area contributed by atoms with E-state index in [0.717, 1.165) is 33.5 Å². The van der Waals surface area contributed by atoms with Crippen LogP contribution >= 0.6 is 0 Å². The molecule has 0 spiro atoms. The third-order valence-electron chi connectivity index (χ3n) is 3.19. The topological polar surface area (TPSA) is 95.6 Å². The summed E-state index contributed by atoms with van der Waals surface area (Å²) in [6, 6.07) is 5.78. The van der Waals surface area contributed by atoms with Crippen LogP contribution in [0.15, 0.2) is 24.5 Å². The molecule has 6 nitrogen and oxygen atoms in total. The molecule has 0 saturated carbocycles. The van der Waals surface area contributed by atoms with Crippen molar-refractivity contribution in [1.82, 2.24) is 19.7 Å². The van der Waals surface area contributed by atoms with Crippen molar-refractivity contribution in [3.8, 4) is 11.3 Å². The summed E-state index contributed by atoms with van der Waals surface area (Å²) >= 11 is 0. The first kappa shape index (κ1) is 11.5. The van der Waals surface area contributed by atoms with Gasteiger partial charge in [0.15, 0.2) is 5.65 Å². The third-order valence-corrected chi connectivity index (χ3v) is 3.19. The number of nitrogens with two attached hydrogens (primary N) is 2. The fourth-order valence-corrected chi connectivity index (χ4v) is 2.13. The van der Waals surface area contributed by atoms with Crippen LogP contribution < -0.4 is 11.5 Å². The van der Waals surface area contributed by atoms with Gasteiger partial charge in [-0.15, -0.1) is 0 Å². The van der Waals surface area contributed by atoms with Gasteiger partial charge in [-0.05, 0) is 24.6 Å². The van der Waals surface area contributed by atoms with Crippen molar-refractivity contribution in [2.45, 2.75) is 6.92 Å². The van der Waals surface area contributed by atoms with Crippen LogP contribution in [-0.2, 0) is 7.05 Å². The minimum atomic E-state index is 0.433. The molecule has 0 radical (unpaired) electrons. The Bertz CT molecular complexity index is 774. The summed E-state index contributed by atoms with van der Waals surface area (Å²) in [5, 5.41) is 5.26. The van der Waals surface area contributed by atoms with Crippen molar-refractivity contribution >= 4 is 22.5 Å². The standard InChI is InChI=1S/C13H14N6/c1-7-5-8(3-4-9(7)14)11-10-12(15)16-6-17-13(10)19(2)18-11/h3-6H,14H2,1-2H3,(H2,15,16,17). The van der Waals surface area contributed by atoms with Gasteiger partial charge in [-0.1, -0.05) is 6.07 Å². The summed E-state index contributed by atoms with van der Waals surface area (Å²) in [7, 11) is 1.84. The lowest BCUT2D eigenvalue weighted by molar-refractivity contribution is 0.788. The minimum Gasteiger partial charge on any atom is -0.399 e. The van der Waals surface area contributed by atoms with Crippen LogP contribution in [0.25, 0.3) is 22.3 Å². The SMILES string of the molecule is Cc1cc(-c2nn(C)c3ncnc(N)c23)ccc1N. The first-order chi connectivity index (χ1) is 9.08. The predicted molar refractivity (Wildman–Crippen MR) is 75.3 cm³/mol.